The van der Waals surface area contributed by atoms with E-state index in [1.807, 2.05) is 0 Å². The summed E-state index contributed by atoms with van der Waals surface area (Å²) in [5, 5.41) is 0. The van der Waals surface area contributed by atoms with Crippen molar-refractivity contribution in [3.8, 4) is 0 Å². The summed E-state index contributed by atoms with van der Waals surface area (Å²) >= 11 is 0. The van der Waals surface area contributed by atoms with Gasteiger partial charge in [0, 0.05) is 44.8 Å². The number of nitrogens with zero attached hydrogens (tertiary/aromatic N) is 1. The molecule has 2 rings (SSSR count). The van der Waals surface area contributed by atoms with E-state index in [4.69, 9.17) is 14.2 Å². The van der Waals surface area contributed by atoms with Crippen molar-refractivity contribution in [2.75, 3.05) is 32.2 Å². The van der Waals surface area contributed by atoms with E-state index in [0.29, 0.717) is 23.7 Å². The van der Waals surface area contributed by atoms with Gasteiger partial charge in [-0.3, -0.25) is 0 Å². The summed E-state index contributed by atoms with van der Waals surface area (Å²) in [6.07, 6.45) is 4.22. The van der Waals surface area contributed by atoms with Gasteiger partial charge in [-0.05, 0) is 69.6 Å². The SMILES string of the molecule is C=C(CCC)[C@@H](C(OC(C)(C)C)c1ccc(N2CCC(C(OC)OC)CC2)cc1)[C@H](C)C(C)C. The third-order valence-corrected chi connectivity index (χ3v) is 7.44. The van der Waals surface area contributed by atoms with Crippen LogP contribution < -0.4 is 4.90 Å². The summed E-state index contributed by atoms with van der Waals surface area (Å²) in [6.45, 7) is 22.3. The lowest BCUT2D eigenvalue weighted by Gasteiger charge is -2.39. The maximum absolute atomic E-state index is 6.77. The second-order valence-corrected chi connectivity index (χ2v) is 11.4. The molecule has 0 aromatic heterocycles. The first kappa shape index (κ1) is 28.9. The molecule has 0 bridgehead atoms. The fourth-order valence-electron chi connectivity index (χ4n) is 5.28. The second-order valence-electron chi connectivity index (χ2n) is 11.4. The van der Waals surface area contributed by atoms with Gasteiger partial charge in [-0.1, -0.05) is 58.4 Å². The van der Waals surface area contributed by atoms with Gasteiger partial charge in [0.2, 0.25) is 0 Å². The number of methoxy groups -OCH3 is 2. The average molecular weight is 474 g/mol. The van der Waals surface area contributed by atoms with E-state index in [9.17, 15) is 0 Å². The Morgan fingerprint density at radius 3 is 2.03 bits per heavy atom. The molecule has 0 saturated carbocycles. The fourth-order valence-corrected chi connectivity index (χ4v) is 5.28. The first-order valence-corrected chi connectivity index (χ1v) is 13.3. The standard InChI is InChI=1S/C30H51NO3/c1-11-12-22(4)27(23(5)21(2)3)28(34-30(6,7)8)24-13-15-26(16-14-24)31-19-17-25(18-20-31)29(32-9)33-10/h13-16,21,23,25,27-29H,4,11-12,17-20H2,1-3,5-10H3/t23-,27-,28?/m1/s1. The van der Waals surface area contributed by atoms with E-state index in [2.05, 4.69) is 84.2 Å². The van der Waals surface area contributed by atoms with Crippen molar-refractivity contribution in [2.45, 2.75) is 92.1 Å². The van der Waals surface area contributed by atoms with Gasteiger partial charge in [-0.2, -0.15) is 0 Å². The van der Waals surface area contributed by atoms with Crippen LogP contribution in [0.15, 0.2) is 36.4 Å². The van der Waals surface area contributed by atoms with Crippen LogP contribution in [0.3, 0.4) is 0 Å². The van der Waals surface area contributed by atoms with Gasteiger partial charge in [0.25, 0.3) is 0 Å². The molecule has 1 fully saturated rings. The maximum Gasteiger partial charge on any atom is 0.159 e. The summed E-state index contributed by atoms with van der Waals surface area (Å²) in [6, 6.07) is 9.12. The van der Waals surface area contributed by atoms with Crippen LogP contribution in [0.5, 0.6) is 0 Å². The fraction of sp³-hybridized carbons (Fsp3) is 0.733. The van der Waals surface area contributed by atoms with Crippen molar-refractivity contribution < 1.29 is 14.2 Å². The Hall–Kier alpha value is -1.36. The third-order valence-electron chi connectivity index (χ3n) is 7.44. The quantitative estimate of drug-likeness (QED) is 0.230. The van der Waals surface area contributed by atoms with Gasteiger partial charge in [-0.25, -0.2) is 0 Å². The molecule has 1 heterocycles. The molecule has 1 aromatic carbocycles. The summed E-state index contributed by atoms with van der Waals surface area (Å²) in [7, 11) is 3.47. The summed E-state index contributed by atoms with van der Waals surface area (Å²) < 4.78 is 17.8. The molecule has 4 nitrogen and oxygen atoms in total. The van der Waals surface area contributed by atoms with Crippen molar-refractivity contribution in [3.05, 3.63) is 42.0 Å². The molecule has 1 aliphatic rings. The summed E-state index contributed by atoms with van der Waals surface area (Å²) in [5.74, 6) is 1.80. The summed E-state index contributed by atoms with van der Waals surface area (Å²) in [4.78, 5) is 2.48. The van der Waals surface area contributed by atoms with Gasteiger partial charge >= 0.3 is 0 Å². The van der Waals surface area contributed by atoms with Crippen molar-refractivity contribution in [2.24, 2.45) is 23.7 Å². The number of rotatable bonds is 12. The molecule has 4 heteroatoms. The molecule has 0 amide bonds. The predicted molar refractivity (Wildman–Crippen MR) is 144 cm³/mol. The number of anilines is 1. The Bertz CT molecular complexity index is 724. The van der Waals surface area contributed by atoms with Crippen LogP contribution in [0.4, 0.5) is 5.69 Å². The number of benzene rings is 1. The number of ether oxygens (including phenoxy) is 3. The Labute approximate surface area is 210 Å². The molecule has 194 valence electrons. The van der Waals surface area contributed by atoms with Gasteiger partial charge in [0.05, 0.1) is 11.7 Å². The summed E-state index contributed by atoms with van der Waals surface area (Å²) in [5.41, 5.74) is 3.62. The van der Waals surface area contributed by atoms with E-state index >= 15 is 0 Å². The van der Waals surface area contributed by atoms with Crippen LogP contribution in [0.25, 0.3) is 0 Å². The number of piperidine rings is 1. The molecule has 0 spiro atoms. The smallest absolute Gasteiger partial charge is 0.159 e. The normalized spacial score (nSPS) is 18.4. The third kappa shape index (κ3) is 7.83. The second kappa shape index (κ2) is 13.1. The molecule has 0 N–H and O–H groups in total. The predicted octanol–water partition coefficient (Wildman–Crippen LogP) is 7.64. The van der Waals surface area contributed by atoms with Crippen LogP contribution in [0, 0.1) is 23.7 Å². The maximum atomic E-state index is 6.77. The van der Waals surface area contributed by atoms with E-state index in [0.717, 1.165) is 38.8 Å². The molecule has 1 aromatic rings. The lowest BCUT2D eigenvalue weighted by Crippen LogP contribution is -2.39. The van der Waals surface area contributed by atoms with Crippen molar-refractivity contribution >= 4 is 5.69 Å². The highest BCUT2D eigenvalue weighted by atomic mass is 16.7. The molecule has 0 radical (unpaired) electrons. The van der Waals surface area contributed by atoms with Crippen molar-refractivity contribution in [1.82, 2.24) is 0 Å². The van der Waals surface area contributed by atoms with E-state index in [1.165, 1.54) is 16.8 Å². The highest BCUT2D eigenvalue weighted by Crippen LogP contribution is 2.43. The molecular formula is C30H51NO3. The van der Waals surface area contributed by atoms with Crippen LogP contribution in [0.2, 0.25) is 0 Å². The van der Waals surface area contributed by atoms with Gasteiger partial charge < -0.3 is 19.1 Å². The molecule has 3 atom stereocenters. The first-order chi connectivity index (χ1) is 16.0. The molecule has 0 aliphatic carbocycles. The van der Waals surface area contributed by atoms with Crippen molar-refractivity contribution in [1.29, 1.82) is 0 Å². The topological polar surface area (TPSA) is 30.9 Å². The van der Waals surface area contributed by atoms with Crippen LogP contribution in [-0.2, 0) is 14.2 Å². The van der Waals surface area contributed by atoms with Gasteiger partial charge in [0.1, 0.15) is 0 Å². The van der Waals surface area contributed by atoms with E-state index in [-0.39, 0.29) is 18.0 Å². The highest BCUT2D eigenvalue weighted by molar-refractivity contribution is 5.48. The van der Waals surface area contributed by atoms with Crippen molar-refractivity contribution in [3.63, 3.8) is 0 Å². The van der Waals surface area contributed by atoms with Crippen LogP contribution in [0.1, 0.15) is 85.8 Å². The van der Waals surface area contributed by atoms with Crippen LogP contribution >= 0.6 is 0 Å². The average Bonchev–Trinajstić information content (AvgIpc) is 2.79. The molecule has 1 aliphatic heterocycles. The largest absolute Gasteiger partial charge is 0.372 e. The zero-order chi connectivity index (χ0) is 25.5. The minimum Gasteiger partial charge on any atom is -0.372 e. The molecule has 34 heavy (non-hydrogen) atoms. The number of hydrogen-bond donors (Lipinski definition) is 0. The molecule has 1 unspecified atom stereocenters. The van der Waals surface area contributed by atoms with Gasteiger partial charge in [-0.15, -0.1) is 0 Å². The highest BCUT2D eigenvalue weighted by Gasteiger charge is 2.35. The zero-order valence-electron chi connectivity index (χ0n) is 23.4. The Morgan fingerprint density at radius 2 is 1.59 bits per heavy atom. The Morgan fingerprint density at radius 1 is 1.03 bits per heavy atom. The van der Waals surface area contributed by atoms with Gasteiger partial charge in [0.15, 0.2) is 6.29 Å². The monoisotopic (exact) mass is 473 g/mol. The Balaban J connectivity index is 2.26. The molecular weight excluding hydrogens is 422 g/mol. The van der Waals surface area contributed by atoms with E-state index in [1.54, 1.807) is 14.2 Å². The first-order valence-electron chi connectivity index (χ1n) is 13.3. The van der Waals surface area contributed by atoms with Crippen LogP contribution in [-0.4, -0.2) is 39.2 Å². The number of hydrogen-bond acceptors (Lipinski definition) is 4. The lowest BCUT2D eigenvalue weighted by atomic mass is 9.74. The minimum atomic E-state index is -0.230. The lowest BCUT2D eigenvalue weighted by molar-refractivity contribution is -0.141. The van der Waals surface area contributed by atoms with E-state index < -0.39 is 0 Å². The Kier molecular flexibility index (Phi) is 11.1. The molecule has 1 saturated heterocycles. The minimum absolute atomic E-state index is 0.000371. The zero-order valence-corrected chi connectivity index (χ0v) is 23.4.